The highest BCUT2D eigenvalue weighted by molar-refractivity contribution is 5.21. The molecule has 1 atom stereocenters. The van der Waals surface area contributed by atoms with E-state index in [1.807, 2.05) is 6.92 Å². The number of rotatable bonds is 8. The highest BCUT2D eigenvalue weighted by Crippen LogP contribution is 2.17. The Morgan fingerprint density at radius 1 is 1.16 bits per heavy atom. The minimum atomic E-state index is -0.550. The number of nitrogens with one attached hydrogen (secondary N) is 1. The van der Waals surface area contributed by atoms with Gasteiger partial charge in [-0.1, -0.05) is 19.9 Å². The first-order valence-electron chi connectivity index (χ1n) is 6.76. The smallest absolute Gasteiger partial charge is 0.130 e. The van der Waals surface area contributed by atoms with Gasteiger partial charge >= 0.3 is 0 Å². The van der Waals surface area contributed by atoms with E-state index in [1.165, 1.54) is 12.1 Å². The zero-order chi connectivity index (χ0) is 14.3. The zero-order valence-electron chi connectivity index (χ0n) is 11.9. The molecule has 0 spiro atoms. The predicted molar refractivity (Wildman–Crippen MR) is 73.0 cm³/mol. The molecule has 0 radical (unpaired) electrons. The summed E-state index contributed by atoms with van der Waals surface area (Å²) >= 11 is 0. The lowest BCUT2D eigenvalue weighted by Gasteiger charge is -2.15. The molecule has 0 fully saturated rings. The summed E-state index contributed by atoms with van der Waals surface area (Å²) < 4.78 is 31.8. The number of halogens is 2. The van der Waals surface area contributed by atoms with E-state index < -0.39 is 11.6 Å². The Hall–Kier alpha value is -1.00. The van der Waals surface area contributed by atoms with E-state index in [4.69, 9.17) is 4.74 Å². The molecule has 19 heavy (non-hydrogen) atoms. The summed E-state index contributed by atoms with van der Waals surface area (Å²) in [5.41, 5.74) is 0.476. The topological polar surface area (TPSA) is 21.3 Å². The summed E-state index contributed by atoms with van der Waals surface area (Å²) in [6.45, 7) is 8.15. The minimum Gasteiger partial charge on any atom is -0.380 e. The predicted octanol–water partition coefficient (Wildman–Crippen LogP) is 3.68. The molecule has 1 aromatic rings. The lowest BCUT2D eigenvalue weighted by atomic mass is 10.1. The van der Waals surface area contributed by atoms with Crippen LogP contribution < -0.4 is 5.32 Å². The largest absolute Gasteiger partial charge is 0.380 e. The van der Waals surface area contributed by atoms with Crippen molar-refractivity contribution in [2.45, 2.75) is 33.2 Å². The van der Waals surface area contributed by atoms with Crippen LogP contribution in [0, 0.1) is 17.6 Å². The average molecular weight is 271 g/mol. The minimum absolute atomic E-state index is 0.158. The van der Waals surface area contributed by atoms with Crippen molar-refractivity contribution in [2.24, 2.45) is 5.92 Å². The Morgan fingerprint density at radius 3 is 2.53 bits per heavy atom. The Labute approximate surface area is 114 Å². The number of hydrogen-bond donors (Lipinski definition) is 1. The van der Waals surface area contributed by atoms with Crippen molar-refractivity contribution in [3.63, 3.8) is 0 Å². The first-order valence-corrected chi connectivity index (χ1v) is 6.76. The van der Waals surface area contributed by atoms with Crippen LogP contribution in [0.1, 0.15) is 38.8 Å². The fourth-order valence-electron chi connectivity index (χ4n) is 1.73. The lowest BCUT2D eigenvalue weighted by Crippen LogP contribution is -2.24. The molecule has 1 unspecified atom stereocenters. The summed E-state index contributed by atoms with van der Waals surface area (Å²) in [7, 11) is 0. The van der Waals surface area contributed by atoms with E-state index in [1.54, 1.807) is 0 Å². The Bertz CT molecular complexity index is 382. The fourth-order valence-corrected chi connectivity index (χ4v) is 1.73. The van der Waals surface area contributed by atoms with Crippen LogP contribution in [-0.4, -0.2) is 19.8 Å². The summed E-state index contributed by atoms with van der Waals surface area (Å²) in [6, 6.07) is 3.50. The van der Waals surface area contributed by atoms with Gasteiger partial charge in [0, 0.05) is 30.8 Å². The van der Waals surface area contributed by atoms with Gasteiger partial charge < -0.3 is 10.1 Å². The van der Waals surface area contributed by atoms with E-state index in [-0.39, 0.29) is 6.04 Å². The molecule has 108 valence electrons. The molecule has 0 bridgehead atoms. The standard InChI is InChI=1S/C15H23F2NO/c1-11(2)6-8-19-9-7-18-12(3)14-5-4-13(16)10-15(14)17/h4-5,10-12,18H,6-9H2,1-3H3. The maximum atomic E-state index is 13.5. The molecular weight excluding hydrogens is 248 g/mol. The van der Waals surface area contributed by atoms with Gasteiger partial charge in [0.15, 0.2) is 0 Å². The normalized spacial score (nSPS) is 12.9. The van der Waals surface area contributed by atoms with Crippen LogP contribution in [0.15, 0.2) is 18.2 Å². The van der Waals surface area contributed by atoms with Crippen LogP contribution in [0.4, 0.5) is 8.78 Å². The van der Waals surface area contributed by atoms with Crippen LogP contribution in [0.2, 0.25) is 0 Å². The Morgan fingerprint density at radius 2 is 1.89 bits per heavy atom. The molecule has 0 aliphatic carbocycles. The second-order valence-corrected chi connectivity index (χ2v) is 5.14. The summed E-state index contributed by atoms with van der Waals surface area (Å²) in [4.78, 5) is 0. The second-order valence-electron chi connectivity index (χ2n) is 5.14. The van der Waals surface area contributed by atoms with Gasteiger partial charge in [0.2, 0.25) is 0 Å². The van der Waals surface area contributed by atoms with Crippen LogP contribution in [0.25, 0.3) is 0 Å². The highest BCUT2D eigenvalue weighted by Gasteiger charge is 2.10. The third kappa shape index (κ3) is 6.12. The van der Waals surface area contributed by atoms with Gasteiger partial charge in [0.05, 0.1) is 6.61 Å². The van der Waals surface area contributed by atoms with Gasteiger partial charge in [-0.05, 0) is 25.3 Å². The van der Waals surface area contributed by atoms with E-state index >= 15 is 0 Å². The molecule has 1 N–H and O–H groups in total. The molecule has 0 aliphatic heterocycles. The first-order chi connectivity index (χ1) is 9.00. The molecule has 0 heterocycles. The lowest BCUT2D eigenvalue weighted by molar-refractivity contribution is 0.123. The van der Waals surface area contributed by atoms with E-state index in [0.29, 0.717) is 24.6 Å². The van der Waals surface area contributed by atoms with Crippen molar-refractivity contribution in [1.82, 2.24) is 5.32 Å². The third-order valence-electron chi connectivity index (χ3n) is 2.97. The first kappa shape index (κ1) is 16.1. The fraction of sp³-hybridized carbons (Fsp3) is 0.600. The van der Waals surface area contributed by atoms with Gasteiger partial charge in [-0.3, -0.25) is 0 Å². The number of hydrogen-bond acceptors (Lipinski definition) is 2. The molecule has 0 amide bonds. The maximum absolute atomic E-state index is 13.5. The van der Waals surface area contributed by atoms with Crippen LogP contribution >= 0.6 is 0 Å². The molecule has 0 saturated heterocycles. The van der Waals surface area contributed by atoms with Crippen LogP contribution in [0.3, 0.4) is 0 Å². The second kappa shape index (κ2) is 8.23. The molecule has 4 heteroatoms. The van der Waals surface area contributed by atoms with Crippen molar-refractivity contribution < 1.29 is 13.5 Å². The van der Waals surface area contributed by atoms with E-state index in [9.17, 15) is 8.78 Å². The molecule has 0 aliphatic rings. The maximum Gasteiger partial charge on any atom is 0.130 e. The van der Waals surface area contributed by atoms with Crippen molar-refractivity contribution in [1.29, 1.82) is 0 Å². The monoisotopic (exact) mass is 271 g/mol. The van der Waals surface area contributed by atoms with Gasteiger partial charge in [-0.15, -0.1) is 0 Å². The number of benzene rings is 1. The van der Waals surface area contributed by atoms with Crippen molar-refractivity contribution in [3.05, 3.63) is 35.4 Å². The Balaban J connectivity index is 2.25. The third-order valence-corrected chi connectivity index (χ3v) is 2.97. The van der Waals surface area contributed by atoms with E-state index in [0.717, 1.165) is 19.1 Å². The van der Waals surface area contributed by atoms with Gasteiger partial charge in [-0.2, -0.15) is 0 Å². The van der Waals surface area contributed by atoms with Crippen molar-refractivity contribution >= 4 is 0 Å². The summed E-state index contributed by atoms with van der Waals surface area (Å²) in [5.74, 6) is -0.425. The highest BCUT2D eigenvalue weighted by atomic mass is 19.1. The molecule has 1 aromatic carbocycles. The number of ether oxygens (including phenoxy) is 1. The molecular formula is C15H23F2NO. The summed E-state index contributed by atoms with van der Waals surface area (Å²) in [6.07, 6.45) is 1.04. The van der Waals surface area contributed by atoms with E-state index in [2.05, 4.69) is 19.2 Å². The average Bonchev–Trinajstić information content (AvgIpc) is 2.32. The van der Waals surface area contributed by atoms with Gasteiger partial charge in [0.1, 0.15) is 11.6 Å². The van der Waals surface area contributed by atoms with Crippen LogP contribution in [0.5, 0.6) is 0 Å². The Kier molecular flexibility index (Phi) is 6.95. The van der Waals surface area contributed by atoms with Crippen molar-refractivity contribution in [3.8, 4) is 0 Å². The van der Waals surface area contributed by atoms with Crippen LogP contribution in [-0.2, 0) is 4.74 Å². The SMILES string of the molecule is CC(C)CCOCCNC(C)c1ccc(F)cc1F. The summed E-state index contributed by atoms with van der Waals surface area (Å²) in [5, 5.41) is 3.16. The van der Waals surface area contributed by atoms with Gasteiger partial charge in [0.25, 0.3) is 0 Å². The molecule has 2 nitrogen and oxygen atoms in total. The molecule has 0 saturated carbocycles. The zero-order valence-corrected chi connectivity index (χ0v) is 11.9. The van der Waals surface area contributed by atoms with Crippen molar-refractivity contribution in [2.75, 3.05) is 19.8 Å². The molecule has 0 aromatic heterocycles. The van der Waals surface area contributed by atoms with Gasteiger partial charge in [-0.25, -0.2) is 8.78 Å². The molecule has 1 rings (SSSR count). The quantitative estimate of drug-likeness (QED) is 0.728.